The normalized spacial score (nSPS) is 11.5. The van der Waals surface area contributed by atoms with Crippen LogP contribution < -0.4 is 9.46 Å². The molecule has 0 amide bonds. The number of ether oxygens (including phenoxy) is 1. The lowest BCUT2D eigenvalue weighted by atomic mass is 10.3. The quantitative estimate of drug-likeness (QED) is 0.751. The van der Waals surface area contributed by atoms with Gasteiger partial charge in [0.1, 0.15) is 12.4 Å². The zero-order valence-corrected chi connectivity index (χ0v) is 12.1. The van der Waals surface area contributed by atoms with E-state index >= 15 is 0 Å². The number of nitrogens with one attached hydrogen (secondary N) is 1. The molecule has 1 aromatic heterocycles. The van der Waals surface area contributed by atoms with Crippen LogP contribution >= 0.6 is 0 Å². The number of aryl methyl sites for hydroxylation is 1. The predicted octanol–water partition coefficient (Wildman–Crippen LogP) is 0.228. The number of hydrogen-bond donors (Lipinski definition) is 2. The average Bonchev–Trinajstić information content (AvgIpc) is 2.89. The van der Waals surface area contributed by atoms with E-state index in [1.54, 1.807) is 6.92 Å². The van der Waals surface area contributed by atoms with Crippen LogP contribution in [0.3, 0.4) is 0 Å². The summed E-state index contributed by atoms with van der Waals surface area (Å²) in [4.78, 5) is 4.00. The van der Waals surface area contributed by atoms with Gasteiger partial charge in [0.15, 0.2) is 5.82 Å². The van der Waals surface area contributed by atoms with Gasteiger partial charge < -0.3 is 14.4 Å². The minimum Gasteiger partial charge on any atom is -0.491 e. The van der Waals surface area contributed by atoms with Crippen molar-refractivity contribution in [3.63, 3.8) is 0 Å². The molecule has 0 unspecified atom stereocenters. The third-order valence-corrected chi connectivity index (χ3v) is 3.90. The molecule has 0 saturated carbocycles. The Morgan fingerprint density at radius 3 is 2.62 bits per heavy atom. The van der Waals surface area contributed by atoms with E-state index in [2.05, 4.69) is 14.9 Å². The Hall–Kier alpha value is -1.97. The van der Waals surface area contributed by atoms with Crippen molar-refractivity contribution in [2.45, 2.75) is 18.4 Å². The maximum absolute atomic E-state index is 12.1. The molecule has 2 rings (SSSR count). The third-order valence-electron chi connectivity index (χ3n) is 2.48. The van der Waals surface area contributed by atoms with E-state index in [4.69, 9.17) is 14.4 Å². The second-order valence-electron chi connectivity index (χ2n) is 4.10. The molecule has 0 spiro atoms. The summed E-state index contributed by atoms with van der Waals surface area (Å²) in [5.74, 6) is 1.12. The summed E-state index contributed by atoms with van der Waals surface area (Å²) in [5, 5.41) is 12.2. The SMILES string of the molecule is Cc1nc(CNS(=O)(=O)c2ccc(OCCO)cc2)no1. The Labute approximate surface area is 121 Å². The maximum Gasteiger partial charge on any atom is 0.240 e. The van der Waals surface area contributed by atoms with E-state index < -0.39 is 10.0 Å². The van der Waals surface area contributed by atoms with E-state index in [1.807, 2.05) is 0 Å². The molecule has 0 atom stereocenters. The van der Waals surface area contributed by atoms with Crippen molar-refractivity contribution in [3.8, 4) is 5.75 Å². The van der Waals surface area contributed by atoms with Gasteiger partial charge in [0, 0.05) is 6.92 Å². The van der Waals surface area contributed by atoms with Gasteiger partial charge in [-0.15, -0.1) is 0 Å². The van der Waals surface area contributed by atoms with Crippen LogP contribution in [0.1, 0.15) is 11.7 Å². The van der Waals surface area contributed by atoms with Crippen molar-refractivity contribution in [1.82, 2.24) is 14.9 Å². The fourth-order valence-corrected chi connectivity index (χ4v) is 2.51. The zero-order valence-electron chi connectivity index (χ0n) is 11.3. The number of aromatic nitrogens is 2. The van der Waals surface area contributed by atoms with Crippen LogP contribution in [0.25, 0.3) is 0 Å². The molecule has 9 heteroatoms. The third kappa shape index (κ3) is 4.25. The summed E-state index contributed by atoms with van der Waals surface area (Å²) in [6, 6.07) is 5.86. The smallest absolute Gasteiger partial charge is 0.240 e. The largest absolute Gasteiger partial charge is 0.491 e. The number of sulfonamides is 1. The van der Waals surface area contributed by atoms with Gasteiger partial charge in [0.2, 0.25) is 15.9 Å². The number of benzene rings is 1. The molecule has 0 radical (unpaired) electrons. The summed E-state index contributed by atoms with van der Waals surface area (Å²) in [5.41, 5.74) is 0. The molecule has 0 aliphatic heterocycles. The van der Waals surface area contributed by atoms with Crippen LogP contribution in [-0.4, -0.2) is 36.9 Å². The Morgan fingerprint density at radius 1 is 1.33 bits per heavy atom. The topological polar surface area (TPSA) is 115 Å². The van der Waals surface area contributed by atoms with E-state index in [1.165, 1.54) is 24.3 Å². The minimum absolute atomic E-state index is 0.0531. The van der Waals surface area contributed by atoms with E-state index in [0.29, 0.717) is 11.6 Å². The first-order valence-corrected chi connectivity index (χ1v) is 7.62. The maximum atomic E-state index is 12.1. The molecular weight excluding hydrogens is 298 g/mol. The van der Waals surface area contributed by atoms with Crippen LogP contribution in [0, 0.1) is 6.92 Å². The number of hydrogen-bond acceptors (Lipinski definition) is 7. The number of aliphatic hydroxyl groups excluding tert-OH is 1. The highest BCUT2D eigenvalue weighted by Gasteiger charge is 2.15. The van der Waals surface area contributed by atoms with Gasteiger partial charge in [-0.05, 0) is 24.3 Å². The molecule has 0 bridgehead atoms. The second kappa shape index (κ2) is 6.66. The molecule has 0 fully saturated rings. The van der Waals surface area contributed by atoms with Gasteiger partial charge in [-0.1, -0.05) is 5.16 Å². The standard InChI is InChI=1S/C12H15N3O5S/c1-9-14-12(15-20-9)8-13-21(17,18)11-4-2-10(3-5-11)19-7-6-16/h2-5,13,16H,6-8H2,1H3. The summed E-state index contributed by atoms with van der Waals surface area (Å²) < 4.78 is 36.4. The van der Waals surface area contributed by atoms with Gasteiger partial charge in [-0.2, -0.15) is 4.98 Å². The number of rotatable bonds is 7. The molecule has 2 aromatic rings. The Balaban J connectivity index is 2.01. The van der Waals surface area contributed by atoms with E-state index in [-0.39, 0.29) is 30.5 Å². The highest BCUT2D eigenvalue weighted by Crippen LogP contribution is 2.16. The first-order valence-electron chi connectivity index (χ1n) is 6.14. The minimum atomic E-state index is -3.66. The number of aliphatic hydroxyl groups is 1. The van der Waals surface area contributed by atoms with Gasteiger partial charge in [0.25, 0.3) is 0 Å². The fourth-order valence-electron chi connectivity index (χ4n) is 1.53. The molecule has 21 heavy (non-hydrogen) atoms. The van der Waals surface area contributed by atoms with Crippen molar-refractivity contribution >= 4 is 10.0 Å². The van der Waals surface area contributed by atoms with Gasteiger partial charge in [-0.3, -0.25) is 0 Å². The lowest BCUT2D eigenvalue weighted by Crippen LogP contribution is -2.23. The summed E-state index contributed by atoms with van der Waals surface area (Å²) in [6.07, 6.45) is 0. The first kappa shape index (κ1) is 15.4. The van der Waals surface area contributed by atoms with Crippen molar-refractivity contribution in [2.75, 3.05) is 13.2 Å². The monoisotopic (exact) mass is 313 g/mol. The highest BCUT2D eigenvalue weighted by molar-refractivity contribution is 7.89. The molecule has 1 aromatic carbocycles. The van der Waals surface area contributed by atoms with Gasteiger partial charge in [-0.25, -0.2) is 13.1 Å². The number of nitrogens with zero attached hydrogens (tertiary/aromatic N) is 2. The van der Waals surface area contributed by atoms with E-state index in [9.17, 15) is 8.42 Å². The van der Waals surface area contributed by atoms with Crippen molar-refractivity contribution < 1.29 is 22.8 Å². The van der Waals surface area contributed by atoms with E-state index in [0.717, 1.165) is 0 Å². The molecule has 0 aliphatic carbocycles. The molecule has 114 valence electrons. The molecule has 2 N–H and O–H groups in total. The van der Waals surface area contributed by atoms with Crippen molar-refractivity contribution in [1.29, 1.82) is 0 Å². The molecular formula is C12H15N3O5S. The Bertz CT molecular complexity index is 681. The lowest BCUT2D eigenvalue weighted by molar-refractivity contribution is 0.201. The predicted molar refractivity (Wildman–Crippen MR) is 72.1 cm³/mol. The van der Waals surface area contributed by atoms with Gasteiger partial charge >= 0.3 is 0 Å². The molecule has 0 aliphatic rings. The summed E-state index contributed by atoms with van der Waals surface area (Å²) in [7, 11) is -3.66. The highest BCUT2D eigenvalue weighted by atomic mass is 32.2. The second-order valence-corrected chi connectivity index (χ2v) is 5.86. The zero-order chi connectivity index (χ0) is 15.3. The Morgan fingerprint density at radius 2 is 2.05 bits per heavy atom. The van der Waals surface area contributed by atoms with Gasteiger partial charge in [0.05, 0.1) is 18.0 Å². The van der Waals surface area contributed by atoms with Crippen LogP contribution in [-0.2, 0) is 16.6 Å². The summed E-state index contributed by atoms with van der Waals surface area (Å²) in [6.45, 7) is 1.62. The van der Waals surface area contributed by atoms with Crippen LogP contribution in [0.5, 0.6) is 5.75 Å². The Kier molecular flexibility index (Phi) is 4.89. The molecule has 1 heterocycles. The summed E-state index contributed by atoms with van der Waals surface area (Å²) >= 11 is 0. The van der Waals surface area contributed by atoms with Crippen LogP contribution in [0.2, 0.25) is 0 Å². The first-order chi connectivity index (χ1) is 10.0. The van der Waals surface area contributed by atoms with Crippen LogP contribution in [0.15, 0.2) is 33.7 Å². The fraction of sp³-hybridized carbons (Fsp3) is 0.333. The van der Waals surface area contributed by atoms with Crippen molar-refractivity contribution in [3.05, 3.63) is 36.0 Å². The average molecular weight is 313 g/mol. The lowest BCUT2D eigenvalue weighted by Gasteiger charge is -2.07. The molecule has 8 nitrogen and oxygen atoms in total. The molecule has 0 saturated heterocycles. The van der Waals surface area contributed by atoms with Crippen LogP contribution in [0.4, 0.5) is 0 Å². The van der Waals surface area contributed by atoms with Crippen molar-refractivity contribution in [2.24, 2.45) is 0 Å².